The highest BCUT2D eigenvalue weighted by Crippen LogP contribution is 2.27. The highest BCUT2D eigenvalue weighted by molar-refractivity contribution is 6.07. The average Bonchev–Trinajstić information content (AvgIpc) is 2.68. The molecule has 0 atom stereocenters. The van der Waals surface area contributed by atoms with Crippen LogP contribution in [0.25, 0.3) is 11.1 Å². The number of nitrogens with one attached hydrogen (secondary N) is 1. The summed E-state index contributed by atoms with van der Waals surface area (Å²) in [4.78, 5) is 12.7. The van der Waals surface area contributed by atoms with E-state index < -0.39 is 0 Å². The van der Waals surface area contributed by atoms with Gasteiger partial charge in [-0.2, -0.15) is 5.26 Å². The van der Waals surface area contributed by atoms with E-state index in [0.29, 0.717) is 22.6 Å². The quantitative estimate of drug-likeness (QED) is 0.768. The second kappa shape index (κ2) is 7.33. The summed E-state index contributed by atoms with van der Waals surface area (Å²) < 4.78 is 5.33. The Bertz CT molecular complexity index is 944. The van der Waals surface area contributed by atoms with E-state index in [-0.39, 0.29) is 5.91 Å². The molecule has 122 valence electrons. The number of rotatable bonds is 4. The van der Waals surface area contributed by atoms with Crippen molar-refractivity contribution in [2.24, 2.45) is 0 Å². The van der Waals surface area contributed by atoms with Gasteiger partial charge in [0, 0.05) is 5.69 Å². The maximum absolute atomic E-state index is 12.7. The molecule has 3 rings (SSSR count). The molecule has 0 aliphatic heterocycles. The summed E-state index contributed by atoms with van der Waals surface area (Å²) in [5.74, 6) is 0.207. The molecule has 1 amide bonds. The van der Waals surface area contributed by atoms with Gasteiger partial charge >= 0.3 is 0 Å². The molecule has 0 saturated carbocycles. The lowest BCUT2D eigenvalue weighted by atomic mass is 10.0. The molecule has 3 aromatic carbocycles. The van der Waals surface area contributed by atoms with Gasteiger partial charge in [0.2, 0.25) is 0 Å². The van der Waals surface area contributed by atoms with Gasteiger partial charge in [0.1, 0.15) is 5.75 Å². The van der Waals surface area contributed by atoms with Crippen LogP contribution in [0.1, 0.15) is 15.9 Å². The van der Waals surface area contributed by atoms with Gasteiger partial charge in [0.25, 0.3) is 5.91 Å². The van der Waals surface area contributed by atoms with Gasteiger partial charge in [0.15, 0.2) is 0 Å². The molecule has 25 heavy (non-hydrogen) atoms. The molecule has 0 saturated heterocycles. The van der Waals surface area contributed by atoms with Crippen LogP contribution in [0.3, 0.4) is 0 Å². The van der Waals surface area contributed by atoms with Crippen LogP contribution in [0.5, 0.6) is 5.75 Å². The van der Waals surface area contributed by atoms with Crippen molar-refractivity contribution in [3.8, 4) is 22.9 Å². The number of nitrogens with zero attached hydrogens (tertiary/aromatic N) is 1. The van der Waals surface area contributed by atoms with Gasteiger partial charge in [-0.25, -0.2) is 0 Å². The minimum Gasteiger partial charge on any atom is -0.496 e. The van der Waals surface area contributed by atoms with E-state index >= 15 is 0 Å². The second-order valence-corrected chi connectivity index (χ2v) is 5.43. The van der Waals surface area contributed by atoms with E-state index in [1.54, 1.807) is 36.4 Å². The summed E-state index contributed by atoms with van der Waals surface area (Å²) in [5.41, 5.74) is 3.44. The van der Waals surface area contributed by atoms with Gasteiger partial charge in [-0.05, 0) is 41.5 Å². The summed E-state index contributed by atoms with van der Waals surface area (Å²) in [6.45, 7) is 0. The van der Waals surface area contributed by atoms with Crippen molar-refractivity contribution in [3.05, 3.63) is 83.9 Å². The lowest BCUT2D eigenvalue weighted by Gasteiger charge is -2.12. The zero-order valence-electron chi connectivity index (χ0n) is 13.7. The van der Waals surface area contributed by atoms with Gasteiger partial charge in [-0.3, -0.25) is 4.79 Å². The zero-order chi connectivity index (χ0) is 17.6. The Morgan fingerprint density at radius 3 is 2.48 bits per heavy atom. The standard InChI is InChI=1S/C21H16N2O2/c1-25-20-11-10-17(16-7-3-2-4-8-16)13-19(20)21(24)23-18-9-5-6-15(12-18)14-22/h2-13H,1H3,(H,23,24). The summed E-state index contributed by atoms with van der Waals surface area (Å²) in [6.07, 6.45) is 0. The Morgan fingerprint density at radius 1 is 0.960 bits per heavy atom. The van der Waals surface area contributed by atoms with Crippen molar-refractivity contribution >= 4 is 11.6 Å². The van der Waals surface area contributed by atoms with Crippen LogP contribution in [-0.4, -0.2) is 13.0 Å². The monoisotopic (exact) mass is 328 g/mol. The topological polar surface area (TPSA) is 62.1 Å². The van der Waals surface area contributed by atoms with Crippen LogP contribution in [-0.2, 0) is 0 Å². The Morgan fingerprint density at radius 2 is 1.76 bits per heavy atom. The largest absolute Gasteiger partial charge is 0.496 e. The maximum Gasteiger partial charge on any atom is 0.259 e. The number of benzene rings is 3. The van der Waals surface area contributed by atoms with Crippen LogP contribution in [0.4, 0.5) is 5.69 Å². The number of anilines is 1. The highest BCUT2D eigenvalue weighted by atomic mass is 16.5. The first kappa shape index (κ1) is 16.3. The Labute approximate surface area is 146 Å². The molecule has 4 nitrogen and oxygen atoms in total. The fourth-order valence-electron chi connectivity index (χ4n) is 2.56. The number of carbonyl (C=O) groups excluding carboxylic acids is 1. The van der Waals surface area contributed by atoms with Crippen LogP contribution < -0.4 is 10.1 Å². The summed E-state index contributed by atoms with van der Waals surface area (Å²) in [5, 5.41) is 11.8. The predicted molar refractivity (Wildman–Crippen MR) is 97.5 cm³/mol. The van der Waals surface area contributed by atoms with E-state index in [1.165, 1.54) is 7.11 Å². The Balaban J connectivity index is 1.94. The number of nitriles is 1. The molecule has 0 heterocycles. The molecule has 0 radical (unpaired) electrons. The van der Waals surface area contributed by atoms with E-state index in [2.05, 4.69) is 11.4 Å². The van der Waals surface area contributed by atoms with Crippen molar-refractivity contribution < 1.29 is 9.53 Å². The molecule has 0 fully saturated rings. The number of amides is 1. The molecule has 0 spiro atoms. The molecule has 0 aromatic heterocycles. The van der Waals surface area contributed by atoms with Gasteiger partial charge in [-0.15, -0.1) is 0 Å². The summed E-state index contributed by atoms with van der Waals surface area (Å²) in [7, 11) is 1.53. The number of hydrogen-bond donors (Lipinski definition) is 1. The normalized spacial score (nSPS) is 9.92. The lowest BCUT2D eigenvalue weighted by molar-refractivity contribution is 0.102. The molecule has 0 aliphatic carbocycles. The predicted octanol–water partition coefficient (Wildman–Crippen LogP) is 4.49. The first-order chi connectivity index (χ1) is 12.2. The van der Waals surface area contributed by atoms with Crippen molar-refractivity contribution in [2.45, 2.75) is 0 Å². The molecule has 3 aromatic rings. The average molecular weight is 328 g/mol. The fourth-order valence-corrected chi connectivity index (χ4v) is 2.56. The zero-order valence-corrected chi connectivity index (χ0v) is 13.7. The van der Waals surface area contributed by atoms with Crippen molar-refractivity contribution in [3.63, 3.8) is 0 Å². The van der Waals surface area contributed by atoms with E-state index in [1.807, 2.05) is 36.4 Å². The van der Waals surface area contributed by atoms with Gasteiger partial charge in [-0.1, -0.05) is 42.5 Å². The lowest BCUT2D eigenvalue weighted by Crippen LogP contribution is -2.13. The third kappa shape index (κ3) is 3.67. The number of carbonyl (C=O) groups is 1. The Hall–Kier alpha value is -3.58. The summed E-state index contributed by atoms with van der Waals surface area (Å²) >= 11 is 0. The maximum atomic E-state index is 12.7. The number of ether oxygens (including phenoxy) is 1. The van der Waals surface area contributed by atoms with Crippen LogP contribution >= 0.6 is 0 Å². The number of methoxy groups -OCH3 is 1. The number of hydrogen-bond acceptors (Lipinski definition) is 3. The van der Waals surface area contributed by atoms with E-state index in [0.717, 1.165) is 11.1 Å². The molecule has 1 N–H and O–H groups in total. The van der Waals surface area contributed by atoms with Crippen molar-refractivity contribution in [1.82, 2.24) is 0 Å². The second-order valence-electron chi connectivity index (χ2n) is 5.43. The third-order valence-electron chi connectivity index (χ3n) is 3.80. The molecule has 0 aliphatic rings. The smallest absolute Gasteiger partial charge is 0.259 e. The molecule has 0 unspecified atom stereocenters. The van der Waals surface area contributed by atoms with Crippen LogP contribution in [0.15, 0.2) is 72.8 Å². The van der Waals surface area contributed by atoms with Gasteiger partial charge < -0.3 is 10.1 Å². The van der Waals surface area contributed by atoms with E-state index in [4.69, 9.17) is 10.00 Å². The van der Waals surface area contributed by atoms with Crippen molar-refractivity contribution in [1.29, 1.82) is 5.26 Å². The molecule has 4 heteroatoms. The van der Waals surface area contributed by atoms with Crippen molar-refractivity contribution in [2.75, 3.05) is 12.4 Å². The van der Waals surface area contributed by atoms with Crippen LogP contribution in [0.2, 0.25) is 0 Å². The molecular weight excluding hydrogens is 312 g/mol. The van der Waals surface area contributed by atoms with Gasteiger partial charge in [0.05, 0.1) is 24.3 Å². The first-order valence-corrected chi connectivity index (χ1v) is 7.76. The van der Waals surface area contributed by atoms with E-state index in [9.17, 15) is 4.79 Å². The minimum absolute atomic E-state index is 0.287. The first-order valence-electron chi connectivity index (χ1n) is 7.76. The third-order valence-corrected chi connectivity index (χ3v) is 3.80. The fraction of sp³-hybridized carbons (Fsp3) is 0.0476. The minimum atomic E-state index is -0.287. The molecular formula is C21H16N2O2. The highest BCUT2D eigenvalue weighted by Gasteiger charge is 2.14. The SMILES string of the molecule is COc1ccc(-c2ccccc2)cc1C(=O)Nc1cccc(C#N)c1. The van der Waals surface area contributed by atoms with Crippen LogP contribution in [0, 0.1) is 11.3 Å². The Kier molecular flexibility index (Phi) is 4.77. The summed E-state index contributed by atoms with van der Waals surface area (Å²) in [6, 6.07) is 24.2. The molecule has 0 bridgehead atoms.